The molecule has 2 rings (SSSR count). The van der Waals surface area contributed by atoms with E-state index < -0.39 is 14.9 Å². The van der Waals surface area contributed by atoms with E-state index in [1.165, 1.54) is 24.3 Å². The lowest BCUT2D eigenvalue weighted by Crippen LogP contribution is -2.43. The second-order valence-electron chi connectivity index (χ2n) is 4.57. The van der Waals surface area contributed by atoms with Gasteiger partial charge < -0.3 is 5.73 Å². The van der Waals surface area contributed by atoms with E-state index >= 15 is 0 Å². The Morgan fingerprint density at radius 2 is 1.89 bits per heavy atom. The van der Waals surface area contributed by atoms with Gasteiger partial charge in [0, 0.05) is 24.2 Å². The smallest absolute Gasteiger partial charge is 0.269 e. The molecule has 0 aliphatic heterocycles. The normalized spacial score (nSPS) is 23.4. The number of hydrogen-bond acceptors (Lipinski definition) is 5. The molecule has 1 saturated carbocycles. The number of nitro benzene ring substituents is 1. The third-order valence-electron chi connectivity index (χ3n) is 3.23. The van der Waals surface area contributed by atoms with E-state index in [1.54, 1.807) is 0 Å². The predicted molar refractivity (Wildman–Crippen MR) is 69.0 cm³/mol. The van der Waals surface area contributed by atoms with Crippen LogP contribution in [0, 0.1) is 10.1 Å². The van der Waals surface area contributed by atoms with Crippen molar-refractivity contribution >= 4 is 15.7 Å². The number of rotatable bonds is 4. The van der Waals surface area contributed by atoms with Gasteiger partial charge in [-0.1, -0.05) is 6.42 Å². The Kier molecular flexibility index (Phi) is 3.83. The summed E-state index contributed by atoms with van der Waals surface area (Å²) in [6.07, 6.45) is 2.41. The first-order chi connectivity index (χ1) is 8.90. The van der Waals surface area contributed by atoms with Gasteiger partial charge in [-0.3, -0.25) is 10.1 Å². The molecule has 1 aromatic carbocycles. The zero-order valence-electron chi connectivity index (χ0n) is 10.2. The van der Waals surface area contributed by atoms with Gasteiger partial charge in [-0.15, -0.1) is 0 Å². The lowest BCUT2D eigenvalue weighted by molar-refractivity contribution is -0.384. The van der Waals surface area contributed by atoms with Crippen LogP contribution < -0.4 is 10.5 Å². The van der Waals surface area contributed by atoms with Gasteiger partial charge in [0.1, 0.15) is 0 Å². The molecule has 3 N–H and O–H groups in total. The number of nitrogens with two attached hydrogens (primary N) is 1. The van der Waals surface area contributed by atoms with Gasteiger partial charge in [0.15, 0.2) is 0 Å². The Morgan fingerprint density at radius 1 is 1.26 bits per heavy atom. The molecule has 0 spiro atoms. The van der Waals surface area contributed by atoms with Gasteiger partial charge in [0.2, 0.25) is 10.0 Å². The maximum absolute atomic E-state index is 12.1. The number of nitro groups is 1. The summed E-state index contributed by atoms with van der Waals surface area (Å²) in [5.74, 6) is 0. The predicted octanol–water partition coefficient (Wildman–Crippen LogP) is 0.753. The molecule has 0 bridgehead atoms. The molecule has 7 nitrogen and oxygen atoms in total. The van der Waals surface area contributed by atoms with Crippen LogP contribution in [0.1, 0.15) is 19.3 Å². The molecule has 2 unspecified atom stereocenters. The first-order valence-electron chi connectivity index (χ1n) is 5.92. The van der Waals surface area contributed by atoms with E-state index in [0.717, 1.165) is 12.8 Å². The lowest BCUT2D eigenvalue weighted by Gasteiger charge is -2.17. The number of hydrogen-bond donors (Lipinski definition) is 2. The highest BCUT2D eigenvalue weighted by molar-refractivity contribution is 7.89. The van der Waals surface area contributed by atoms with Gasteiger partial charge in [0.25, 0.3) is 5.69 Å². The Hall–Kier alpha value is -1.51. The molecule has 0 aromatic heterocycles. The monoisotopic (exact) mass is 285 g/mol. The van der Waals surface area contributed by atoms with Crippen LogP contribution in [0.5, 0.6) is 0 Å². The molecular weight excluding hydrogens is 270 g/mol. The van der Waals surface area contributed by atoms with Gasteiger partial charge in [-0.25, -0.2) is 13.1 Å². The van der Waals surface area contributed by atoms with Crippen molar-refractivity contribution in [1.29, 1.82) is 0 Å². The largest absolute Gasteiger partial charge is 0.326 e. The zero-order valence-corrected chi connectivity index (χ0v) is 11.0. The number of nitrogens with zero attached hydrogens (tertiary/aromatic N) is 1. The maximum Gasteiger partial charge on any atom is 0.269 e. The summed E-state index contributed by atoms with van der Waals surface area (Å²) in [5, 5.41) is 10.5. The number of sulfonamides is 1. The molecule has 1 aliphatic carbocycles. The summed E-state index contributed by atoms with van der Waals surface area (Å²) < 4.78 is 26.7. The molecule has 0 heterocycles. The summed E-state index contributed by atoms with van der Waals surface area (Å²) in [5.41, 5.74) is 5.67. The van der Waals surface area contributed by atoms with E-state index in [-0.39, 0.29) is 22.7 Å². The summed E-state index contributed by atoms with van der Waals surface area (Å²) in [7, 11) is -3.67. The minimum Gasteiger partial charge on any atom is -0.326 e. The molecule has 104 valence electrons. The molecule has 0 radical (unpaired) electrons. The molecule has 0 amide bonds. The average Bonchev–Trinajstić information content (AvgIpc) is 2.74. The van der Waals surface area contributed by atoms with Crippen LogP contribution in [0.2, 0.25) is 0 Å². The van der Waals surface area contributed by atoms with Crippen molar-refractivity contribution in [2.24, 2.45) is 5.73 Å². The Labute approximate surface area is 111 Å². The van der Waals surface area contributed by atoms with Crippen molar-refractivity contribution in [2.75, 3.05) is 0 Å². The lowest BCUT2D eigenvalue weighted by atomic mass is 10.2. The Bertz CT molecular complexity index is 570. The van der Waals surface area contributed by atoms with Crippen molar-refractivity contribution < 1.29 is 13.3 Å². The van der Waals surface area contributed by atoms with Gasteiger partial charge >= 0.3 is 0 Å². The van der Waals surface area contributed by atoms with Crippen molar-refractivity contribution in [3.05, 3.63) is 34.4 Å². The number of benzene rings is 1. The highest BCUT2D eigenvalue weighted by Crippen LogP contribution is 2.21. The quantitative estimate of drug-likeness (QED) is 0.625. The van der Waals surface area contributed by atoms with E-state index in [0.29, 0.717) is 6.42 Å². The SMILES string of the molecule is NC1CCCC1NS(=O)(=O)c1ccc([N+](=O)[O-])cc1. The fourth-order valence-corrected chi connectivity index (χ4v) is 3.47. The van der Waals surface area contributed by atoms with E-state index in [4.69, 9.17) is 5.73 Å². The number of nitrogens with one attached hydrogen (secondary N) is 1. The molecule has 1 fully saturated rings. The second-order valence-corrected chi connectivity index (χ2v) is 6.29. The Balaban J connectivity index is 2.17. The maximum atomic E-state index is 12.1. The second kappa shape index (κ2) is 5.24. The van der Waals surface area contributed by atoms with Gasteiger partial charge in [-0.05, 0) is 25.0 Å². The molecular formula is C11H15N3O4S. The topological polar surface area (TPSA) is 115 Å². The summed E-state index contributed by atoms with van der Waals surface area (Å²) in [6, 6.07) is 4.35. The fraction of sp³-hybridized carbons (Fsp3) is 0.455. The standard InChI is InChI=1S/C11H15N3O4S/c12-10-2-1-3-11(10)13-19(17,18)9-6-4-8(5-7-9)14(15)16/h4-7,10-11,13H,1-3,12H2. The van der Waals surface area contributed by atoms with Crippen LogP contribution in [0.25, 0.3) is 0 Å². The van der Waals surface area contributed by atoms with Crippen LogP contribution in [0.3, 0.4) is 0 Å². The number of non-ortho nitro benzene ring substituents is 1. The van der Waals surface area contributed by atoms with Crippen LogP contribution in [-0.2, 0) is 10.0 Å². The van der Waals surface area contributed by atoms with Crippen LogP contribution in [0.15, 0.2) is 29.2 Å². The molecule has 19 heavy (non-hydrogen) atoms. The van der Waals surface area contributed by atoms with Gasteiger partial charge in [-0.2, -0.15) is 0 Å². The van der Waals surface area contributed by atoms with Crippen molar-refractivity contribution in [3.63, 3.8) is 0 Å². The third-order valence-corrected chi connectivity index (χ3v) is 4.74. The molecule has 8 heteroatoms. The first-order valence-corrected chi connectivity index (χ1v) is 7.41. The zero-order chi connectivity index (χ0) is 14.0. The summed E-state index contributed by atoms with van der Waals surface area (Å²) >= 11 is 0. The highest BCUT2D eigenvalue weighted by atomic mass is 32.2. The molecule has 1 aliphatic rings. The van der Waals surface area contributed by atoms with Crippen LogP contribution >= 0.6 is 0 Å². The van der Waals surface area contributed by atoms with Gasteiger partial charge in [0.05, 0.1) is 9.82 Å². The minimum atomic E-state index is -3.67. The van der Waals surface area contributed by atoms with Crippen LogP contribution in [-0.4, -0.2) is 25.4 Å². The average molecular weight is 285 g/mol. The first kappa shape index (κ1) is 13.9. The summed E-state index contributed by atoms with van der Waals surface area (Å²) in [4.78, 5) is 9.95. The molecule has 1 aromatic rings. The highest BCUT2D eigenvalue weighted by Gasteiger charge is 2.28. The fourth-order valence-electron chi connectivity index (χ4n) is 2.15. The summed E-state index contributed by atoms with van der Waals surface area (Å²) in [6.45, 7) is 0. The minimum absolute atomic E-state index is 0.0113. The van der Waals surface area contributed by atoms with E-state index in [1.807, 2.05) is 0 Å². The molecule has 0 saturated heterocycles. The van der Waals surface area contributed by atoms with E-state index in [9.17, 15) is 18.5 Å². The third kappa shape index (κ3) is 3.09. The van der Waals surface area contributed by atoms with Crippen LogP contribution in [0.4, 0.5) is 5.69 Å². The van der Waals surface area contributed by atoms with Crippen molar-refractivity contribution in [2.45, 2.75) is 36.2 Å². The van der Waals surface area contributed by atoms with E-state index in [2.05, 4.69) is 4.72 Å². The van der Waals surface area contributed by atoms with Crippen molar-refractivity contribution in [1.82, 2.24) is 4.72 Å². The Morgan fingerprint density at radius 3 is 2.37 bits per heavy atom. The molecule has 2 atom stereocenters. The van der Waals surface area contributed by atoms with Crippen molar-refractivity contribution in [3.8, 4) is 0 Å².